The van der Waals surface area contributed by atoms with Gasteiger partial charge in [-0.3, -0.25) is 4.98 Å². The summed E-state index contributed by atoms with van der Waals surface area (Å²) in [4.78, 5) is 19.1. The van der Waals surface area contributed by atoms with Crippen LogP contribution in [0, 0.1) is 0 Å². The van der Waals surface area contributed by atoms with Crippen molar-refractivity contribution in [3.63, 3.8) is 0 Å². The molecule has 5 aromatic carbocycles. The maximum atomic E-state index is 4.97. The van der Waals surface area contributed by atoms with E-state index >= 15 is 0 Å². The van der Waals surface area contributed by atoms with E-state index in [1.54, 1.807) is 6.20 Å². The number of hydrogen-bond acceptors (Lipinski definition) is 4. The Morgan fingerprint density at radius 2 is 0.690 bits per heavy atom. The monoisotopic (exact) mass is 538 g/mol. The molecule has 0 unspecified atom stereocenters. The maximum absolute atomic E-state index is 4.97. The van der Waals surface area contributed by atoms with E-state index in [1.165, 1.54) is 5.56 Å². The van der Waals surface area contributed by atoms with Gasteiger partial charge in [-0.15, -0.1) is 0 Å². The molecule has 0 saturated heterocycles. The highest BCUT2D eigenvalue weighted by molar-refractivity contribution is 5.76. The topological polar surface area (TPSA) is 51.6 Å². The Morgan fingerprint density at radius 3 is 1.29 bits per heavy atom. The minimum atomic E-state index is 0.635. The smallest absolute Gasteiger partial charge is 0.164 e. The van der Waals surface area contributed by atoms with E-state index in [0.717, 1.165) is 44.5 Å². The fraction of sp³-hybridized carbons (Fsp3) is 0. The van der Waals surface area contributed by atoms with E-state index in [4.69, 9.17) is 15.0 Å². The molecule has 0 aliphatic rings. The molecule has 0 N–H and O–H groups in total. The molecule has 2 heterocycles. The predicted octanol–water partition coefficient (Wildman–Crippen LogP) is 9.27. The summed E-state index contributed by atoms with van der Waals surface area (Å²) in [6, 6.07) is 49.7. The minimum Gasteiger partial charge on any atom is -0.264 e. The molecule has 2 aromatic heterocycles. The third-order valence-corrected chi connectivity index (χ3v) is 7.23. The molecule has 0 aliphatic carbocycles. The van der Waals surface area contributed by atoms with E-state index in [1.807, 2.05) is 48.7 Å². The molecule has 7 rings (SSSR count). The summed E-state index contributed by atoms with van der Waals surface area (Å²) in [6.07, 6.45) is 3.68. The molecular formula is C38H26N4. The van der Waals surface area contributed by atoms with Gasteiger partial charge in [0.15, 0.2) is 17.5 Å². The Morgan fingerprint density at radius 1 is 0.286 bits per heavy atom. The molecule has 4 heteroatoms. The van der Waals surface area contributed by atoms with Crippen LogP contribution >= 0.6 is 0 Å². The first-order chi connectivity index (χ1) is 20.8. The lowest BCUT2D eigenvalue weighted by atomic mass is 9.98. The van der Waals surface area contributed by atoms with Crippen molar-refractivity contribution in [2.24, 2.45) is 0 Å². The highest BCUT2D eigenvalue weighted by Gasteiger charge is 2.13. The van der Waals surface area contributed by atoms with Crippen LogP contribution in [0.3, 0.4) is 0 Å². The second kappa shape index (κ2) is 11.4. The van der Waals surface area contributed by atoms with Crippen LogP contribution < -0.4 is 0 Å². The number of rotatable bonds is 6. The Labute approximate surface area is 245 Å². The molecule has 0 radical (unpaired) electrons. The van der Waals surface area contributed by atoms with Crippen LogP contribution in [0.4, 0.5) is 0 Å². The highest BCUT2D eigenvalue weighted by atomic mass is 15.0. The van der Waals surface area contributed by atoms with Crippen molar-refractivity contribution in [2.75, 3.05) is 0 Å². The molecule has 0 atom stereocenters. The standard InChI is InChI=1S/C38H26N4/c1-3-10-27(11-4-1)28-19-21-30(22-20-28)37-40-36(29-12-5-2-6-13-29)41-38(42-37)34-17-8-15-32(25-34)31-14-7-16-33(24-31)35-18-9-23-39-26-35/h1-26H. The summed E-state index contributed by atoms with van der Waals surface area (Å²) in [5, 5.41) is 0. The van der Waals surface area contributed by atoms with Gasteiger partial charge in [0.1, 0.15) is 0 Å². The normalized spacial score (nSPS) is 10.9. The molecule has 198 valence electrons. The molecule has 7 aromatic rings. The second-order valence-corrected chi connectivity index (χ2v) is 10.0. The Kier molecular flexibility index (Phi) is 6.85. The Hall–Kier alpha value is -5.74. The first-order valence-corrected chi connectivity index (χ1v) is 13.9. The van der Waals surface area contributed by atoms with Crippen LogP contribution in [-0.2, 0) is 0 Å². The number of hydrogen-bond donors (Lipinski definition) is 0. The van der Waals surface area contributed by atoms with E-state index in [9.17, 15) is 0 Å². The lowest BCUT2D eigenvalue weighted by Crippen LogP contribution is -2.00. The number of benzene rings is 5. The van der Waals surface area contributed by atoms with Crippen molar-refractivity contribution >= 4 is 0 Å². The van der Waals surface area contributed by atoms with Crippen molar-refractivity contribution in [1.82, 2.24) is 19.9 Å². The van der Waals surface area contributed by atoms with Crippen molar-refractivity contribution in [2.45, 2.75) is 0 Å². The molecule has 0 amide bonds. The molecule has 4 nitrogen and oxygen atoms in total. The minimum absolute atomic E-state index is 0.635. The Bertz CT molecular complexity index is 1950. The first-order valence-electron chi connectivity index (χ1n) is 13.9. The van der Waals surface area contributed by atoms with Gasteiger partial charge < -0.3 is 0 Å². The molecule has 0 fully saturated rings. The summed E-state index contributed by atoms with van der Waals surface area (Å²) < 4.78 is 0. The molecule has 0 saturated carbocycles. The average Bonchev–Trinajstić information content (AvgIpc) is 3.09. The number of pyridine rings is 1. The molecule has 42 heavy (non-hydrogen) atoms. The third-order valence-electron chi connectivity index (χ3n) is 7.23. The van der Waals surface area contributed by atoms with Crippen LogP contribution in [0.2, 0.25) is 0 Å². The van der Waals surface area contributed by atoms with Crippen LogP contribution in [0.25, 0.3) is 67.5 Å². The van der Waals surface area contributed by atoms with Gasteiger partial charge >= 0.3 is 0 Å². The van der Waals surface area contributed by atoms with Gasteiger partial charge in [0, 0.05) is 34.6 Å². The molecule has 0 spiro atoms. The maximum Gasteiger partial charge on any atom is 0.164 e. The van der Waals surface area contributed by atoms with E-state index < -0.39 is 0 Å². The van der Waals surface area contributed by atoms with Crippen molar-refractivity contribution in [1.29, 1.82) is 0 Å². The Balaban J connectivity index is 1.30. The van der Waals surface area contributed by atoms with E-state index in [2.05, 4.69) is 108 Å². The van der Waals surface area contributed by atoms with Crippen molar-refractivity contribution in [3.8, 4) is 67.5 Å². The largest absolute Gasteiger partial charge is 0.264 e. The van der Waals surface area contributed by atoms with Gasteiger partial charge in [0.25, 0.3) is 0 Å². The zero-order chi connectivity index (χ0) is 28.1. The highest BCUT2D eigenvalue weighted by Crippen LogP contribution is 2.31. The van der Waals surface area contributed by atoms with Gasteiger partial charge in [-0.2, -0.15) is 0 Å². The summed E-state index contributed by atoms with van der Waals surface area (Å²) in [5.41, 5.74) is 9.57. The van der Waals surface area contributed by atoms with Gasteiger partial charge in [-0.1, -0.05) is 127 Å². The fourth-order valence-corrected chi connectivity index (χ4v) is 5.04. The first kappa shape index (κ1) is 25.2. The zero-order valence-electron chi connectivity index (χ0n) is 22.8. The lowest BCUT2D eigenvalue weighted by molar-refractivity contribution is 1.07. The van der Waals surface area contributed by atoms with E-state index in [0.29, 0.717) is 17.5 Å². The average molecular weight is 539 g/mol. The van der Waals surface area contributed by atoms with Crippen molar-refractivity contribution in [3.05, 3.63) is 158 Å². The SMILES string of the molecule is c1ccc(-c2ccc(-c3nc(-c4ccccc4)nc(-c4cccc(-c5cccc(-c6cccnc6)c5)c4)n3)cc2)cc1. The quantitative estimate of drug-likeness (QED) is 0.212. The van der Waals surface area contributed by atoms with Gasteiger partial charge in [-0.05, 0) is 46.0 Å². The molecular weight excluding hydrogens is 512 g/mol. The second-order valence-electron chi connectivity index (χ2n) is 10.0. The lowest BCUT2D eigenvalue weighted by Gasteiger charge is -2.11. The number of nitrogens with zero attached hydrogens (tertiary/aromatic N) is 4. The fourth-order valence-electron chi connectivity index (χ4n) is 5.04. The van der Waals surface area contributed by atoms with Crippen LogP contribution in [-0.4, -0.2) is 19.9 Å². The van der Waals surface area contributed by atoms with Crippen LogP contribution in [0.5, 0.6) is 0 Å². The summed E-state index contributed by atoms with van der Waals surface area (Å²) >= 11 is 0. The van der Waals surface area contributed by atoms with Gasteiger partial charge in [-0.25, -0.2) is 15.0 Å². The summed E-state index contributed by atoms with van der Waals surface area (Å²) in [6.45, 7) is 0. The number of aromatic nitrogens is 4. The van der Waals surface area contributed by atoms with Crippen molar-refractivity contribution < 1.29 is 0 Å². The van der Waals surface area contributed by atoms with E-state index in [-0.39, 0.29) is 0 Å². The third kappa shape index (κ3) is 5.34. The van der Waals surface area contributed by atoms with Gasteiger partial charge in [0.05, 0.1) is 0 Å². The van der Waals surface area contributed by atoms with Gasteiger partial charge in [0.2, 0.25) is 0 Å². The van der Waals surface area contributed by atoms with Crippen LogP contribution in [0.1, 0.15) is 0 Å². The summed E-state index contributed by atoms with van der Waals surface area (Å²) in [5.74, 6) is 1.92. The molecule has 0 aliphatic heterocycles. The molecule has 0 bridgehead atoms. The summed E-state index contributed by atoms with van der Waals surface area (Å²) in [7, 11) is 0. The predicted molar refractivity (Wildman–Crippen MR) is 170 cm³/mol. The van der Waals surface area contributed by atoms with Crippen LogP contribution in [0.15, 0.2) is 158 Å². The zero-order valence-corrected chi connectivity index (χ0v) is 22.8.